The molecule has 34 heavy (non-hydrogen) atoms. The molecule has 4 heterocycles. The van der Waals surface area contributed by atoms with Gasteiger partial charge in [-0.1, -0.05) is 12.1 Å². The van der Waals surface area contributed by atoms with Crippen LogP contribution in [-0.2, 0) is 26.1 Å². The van der Waals surface area contributed by atoms with E-state index in [9.17, 15) is 9.18 Å². The quantitative estimate of drug-likeness (QED) is 0.602. The molecule has 2 aliphatic heterocycles. The summed E-state index contributed by atoms with van der Waals surface area (Å²) in [5.74, 6) is 1.86. The number of halogens is 1. The summed E-state index contributed by atoms with van der Waals surface area (Å²) in [7, 11) is 0. The van der Waals surface area contributed by atoms with Gasteiger partial charge < -0.3 is 19.7 Å². The Morgan fingerprint density at radius 3 is 2.62 bits per heavy atom. The summed E-state index contributed by atoms with van der Waals surface area (Å²) < 4.78 is 15.5. The topological polar surface area (TPSA) is 79.2 Å². The first kappa shape index (κ1) is 22.3. The van der Waals surface area contributed by atoms with E-state index >= 15 is 0 Å². The Hall–Kier alpha value is -3.49. The Kier molecular flexibility index (Phi) is 5.50. The lowest BCUT2D eigenvalue weighted by atomic mass is 9.94. The molecule has 178 valence electrons. The Balaban J connectivity index is 1.49. The molecule has 2 aromatic heterocycles. The standard InChI is InChI=1S/C25H30FN7O/c1-16(2)33-14-19-21(23(33)34)28-24(32-12-11-31-10-9-27-20(31)15-32)29-22(19)30-25(3,4)13-17-5-7-18(26)8-6-17/h5-10,16H,11-15H2,1-4H3,(H,28,29,30). The highest BCUT2D eigenvalue weighted by molar-refractivity contribution is 5.98. The molecule has 0 fully saturated rings. The normalized spacial score (nSPS) is 15.6. The third-order valence-electron chi connectivity index (χ3n) is 6.45. The number of anilines is 2. The van der Waals surface area contributed by atoms with Crippen molar-refractivity contribution < 1.29 is 9.18 Å². The fourth-order valence-corrected chi connectivity index (χ4v) is 4.66. The first-order valence-corrected chi connectivity index (χ1v) is 11.7. The van der Waals surface area contributed by atoms with Crippen LogP contribution in [0.1, 0.15) is 55.1 Å². The van der Waals surface area contributed by atoms with E-state index in [0.29, 0.717) is 37.0 Å². The highest BCUT2D eigenvalue weighted by Gasteiger charge is 2.36. The Morgan fingerprint density at radius 2 is 1.88 bits per heavy atom. The molecule has 0 aliphatic carbocycles. The minimum atomic E-state index is -0.385. The number of nitrogens with zero attached hydrogens (tertiary/aromatic N) is 6. The number of benzene rings is 1. The second kappa shape index (κ2) is 8.38. The van der Waals surface area contributed by atoms with E-state index in [1.54, 1.807) is 18.3 Å². The highest BCUT2D eigenvalue weighted by atomic mass is 19.1. The van der Waals surface area contributed by atoms with E-state index in [0.717, 1.165) is 30.0 Å². The van der Waals surface area contributed by atoms with Crippen LogP contribution in [0.4, 0.5) is 16.2 Å². The predicted molar refractivity (Wildman–Crippen MR) is 128 cm³/mol. The third-order valence-corrected chi connectivity index (χ3v) is 6.45. The maximum absolute atomic E-state index is 13.4. The lowest BCUT2D eigenvalue weighted by molar-refractivity contribution is 0.0726. The minimum Gasteiger partial charge on any atom is -0.364 e. The summed E-state index contributed by atoms with van der Waals surface area (Å²) in [4.78, 5) is 31.2. The van der Waals surface area contributed by atoms with Gasteiger partial charge in [-0.3, -0.25) is 4.79 Å². The number of hydrogen-bond donors (Lipinski definition) is 1. The van der Waals surface area contributed by atoms with Gasteiger partial charge in [0, 0.05) is 42.6 Å². The van der Waals surface area contributed by atoms with Crippen LogP contribution in [-0.4, -0.2) is 48.5 Å². The number of carbonyl (C=O) groups is 1. The van der Waals surface area contributed by atoms with Crippen molar-refractivity contribution in [1.29, 1.82) is 0 Å². The predicted octanol–water partition coefficient (Wildman–Crippen LogP) is 3.63. The van der Waals surface area contributed by atoms with Crippen LogP contribution < -0.4 is 10.2 Å². The number of nitrogens with one attached hydrogen (secondary N) is 1. The molecular weight excluding hydrogens is 433 g/mol. The molecule has 0 atom stereocenters. The summed E-state index contributed by atoms with van der Waals surface area (Å²) >= 11 is 0. The van der Waals surface area contributed by atoms with Gasteiger partial charge in [0.15, 0.2) is 0 Å². The molecule has 2 aliphatic rings. The van der Waals surface area contributed by atoms with Crippen LogP contribution >= 0.6 is 0 Å². The highest BCUT2D eigenvalue weighted by Crippen LogP contribution is 2.33. The molecular formula is C25H30FN7O. The van der Waals surface area contributed by atoms with E-state index in [-0.39, 0.29) is 23.3 Å². The molecule has 0 saturated heterocycles. The van der Waals surface area contributed by atoms with Crippen LogP contribution in [0, 0.1) is 5.82 Å². The van der Waals surface area contributed by atoms with Crippen molar-refractivity contribution in [3.8, 4) is 0 Å². The molecule has 1 N–H and O–H groups in total. The molecule has 0 bridgehead atoms. The van der Waals surface area contributed by atoms with Gasteiger partial charge in [0.05, 0.1) is 13.1 Å². The van der Waals surface area contributed by atoms with Gasteiger partial charge in [-0.15, -0.1) is 0 Å². The van der Waals surface area contributed by atoms with E-state index in [1.807, 2.05) is 24.9 Å². The van der Waals surface area contributed by atoms with Crippen molar-refractivity contribution in [1.82, 2.24) is 24.4 Å². The van der Waals surface area contributed by atoms with E-state index in [2.05, 4.69) is 33.6 Å². The first-order valence-electron chi connectivity index (χ1n) is 11.7. The summed E-state index contributed by atoms with van der Waals surface area (Å²) in [6.07, 6.45) is 4.45. The molecule has 0 radical (unpaired) electrons. The van der Waals surface area contributed by atoms with Gasteiger partial charge in [0.1, 0.15) is 23.2 Å². The van der Waals surface area contributed by atoms with Crippen molar-refractivity contribution in [2.45, 2.75) is 65.3 Å². The second-order valence-corrected chi connectivity index (χ2v) is 10.00. The molecule has 0 saturated carbocycles. The molecule has 8 nitrogen and oxygen atoms in total. The molecule has 3 aromatic rings. The van der Waals surface area contributed by atoms with Gasteiger partial charge in [-0.05, 0) is 51.8 Å². The number of hydrogen-bond acceptors (Lipinski definition) is 6. The maximum Gasteiger partial charge on any atom is 0.273 e. The molecule has 1 amide bonds. The van der Waals surface area contributed by atoms with Gasteiger partial charge in [-0.25, -0.2) is 14.4 Å². The minimum absolute atomic E-state index is 0.0627. The fraction of sp³-hybridized carbons (Fsp3) is 0.440. The van der Waals surface area contributed by atoms with Crippen LogP contribution in [0.15, 0.2) is 36.7 Å². The second-order valence-electron chi connectivity index (χ2n) is 10.00. The summed E-state index contributed by atoms with van der Waals surface area (Å²) in [5, 5.41) is 3.58. The van der Waals surface area contributed by atoms with Gasteiger partial charge >= 0.3 is 0 Å². The van der Waals surface area contributed by atoms with Crippen LogP contribution in [0.2, 0.25) is 0 Å². The number of fused-ring (bicyclic) bond motifs is 2. The number of imidazole rings is 1. The van der Waals surface area contributed by atoms with Crippen molar-refractivity contribution in [2.75, 3.05) is 16.8 Å². The average molecular weight is 464 g/mol. The van der Waals surface area contributed by atoms with Crippen molar-refractivity contribution in [2.24, 2.45) is 0 Å². The van der Waals surface area contributed by atoms with Crippen molar-refractivity contribution >= 4 is 17.7 Å². The van der Waals surface area contributed by atoms with E-state index in [1.165, 1.54) is 12.1 Å². The van der Waals surface area contributed by atoms with Crippen LogP contribution in [0.25, 0.3) is 0 Å². The smallest absolute Gasteiger partial charge is 0.273 e. The Bertz CT molecular complexity index is 1220. The van der Waals surface area contributed by atoms with Gasteiger partial charge in [0.2, 0.25) is 5.95 Å². The molecule has 5 rings (SSSR count). The zero-order valence-corrected chi connectivity index (χ0v) is 20.0. The first-order chi connectivity index (χ1) is 16.2. The monoisotopic (exact) mass is 463 g/mol. The maximum atomic E-state index is 13.4. The zero-order valence-electron chi connectivity index (χ0n) is 20.0. The Morgan fingerprint density at radius 1 is 1.12 bits per heavy atom. The number of carbonyl (C=O) groups excluding carboxylic acids is 1. The fourth-order valence-electron chi connectivity index (χ4n) is 4.66. The largest absolute Gasteiger partial charge is 0.364 e. The lowest BCUT2D eigenvalue weighted by Gasteiger charge is -2.31. The van der Waals surface area contributed by atoms with Crippen molar-refractivity contribution in [3.05, 3.63) is 65.1 Å². The summed E-state index contributed by atoms with van der Waals surface area (Å²) in [5.41, 5.74) is 1.93. The summed E-state index contributed by atoms with van der Waals surface area (Å²) in [6.45, 7) is 10.8. The third kappa shape index (κ3) is 4.22. The van der Waals surface area contributed by atoms with Crippen LogP contribution in [0.5, 0.6) is 0 Å². The Labute approximate surface area is 198 Å². The van der Waals surface area contributed by atoms with Crippen LogP contribution in [0.3, 0.4) is 0 Å². The number of amides is 1. The molecule has 9 heteroatoms. The number of aromatic nitrogens is 4. The zero-order chi connectivity index (χ0) is 24.0. The number of rotatable bonds is 6. The molecule has 0 spiro atoms. The molecule has 1 aromatic carbocycles. The van der Waals surface area contributed by atoms with Gasteiger partial charge in [-0.2, -0.15) is 4.98 Å². The lowest BCUT2D eigenvalue weighted by Crippen LogP contribution is -2.37. The van der Waals surface area contributed by atoms with E-state index in [4.69, 9.17) is 9.97 Å². The summed E-state index contributed by atoms with van der Waals surface area (Å²) in [6, 6.07) is 6.62. The SMILES string of the molecule is CC(C)N1Cc2c(NC(C)(C)Cc3ccc(F)cc3)nc(N3CCn4ccnc4C3)nc2C1=O. The van der Waals surface area contributed by atoms with E-state index < -0.39 is 0 Å². The van der Waals surface area contributed by atoms with Crippen molar-refractivity contribution in [3.63, 3.8) is 0 Å². The molecule has 0 unspecified atom stereocenters. The average Bonchev–Trinajstić information content (AvgIpc) is 3.39. The van der Waals surface area contributed by atoms with Gasteiger partial charge in [0.25, 0.3) is 5.91 Å².